The second kappa shape index (κ2) is 5.06. The molecule has 1 aliphatic heterocycles. The molecule has 3 rings (SSSR count). The van der Waals surface area contributed by atoms with Crippen LogP contribution in [0.2, 0.25) is 0 Å². The fraction of sp³-hybridized carbons (Fsp3) is 0.294. The summed E-state index contributed by atoms with van der Waals surface area (Å²) in [7, 11) is 1.97. The Morgan fingerprint density at radius 2 is 1.95 bits per heavy atom. The van der Waals surface area contributed by atoms with Crippen LogP contribution in [0.1, 0.15) is 11.1 Å². The van der Waals surface area contributed by atoms with E-state index >= 15 is 0 Å². The third-order valence-corrected chi connectivity index (χ3v) is 3.62. The van der Waals surface area contributed by atoms with Crippen molar-refractivity contribution in [1.82, 2.24) is 5.32 Å². The first-order valence-corrected chi connectivity index (χ1v) is 6.78. The monoisotopic (exact) mass is 253 g/mol. The summed E-state index contributed by atoms with van der Waals surface area (Å²) >= 11 is 0. The minimum atomic E-state index is 0.256. The smallest absolute Gasteiger partial charge is 0.130 e. The van der Waals surface area contributed by atoms with Crippen molar-refractivity contribution in [1.29, 1.82) is 0 Å². The summed E-state index contributed by atoms with van der Waals surface area (Å²) in [5, 5.41) is 3.19. The highest BCUT2D eigenvalue weighted by molar-refractivity contribution is 5.73. The number of hydrogen-bond acceptors (Lipinski definition) is 2. The van der Waals surface area contributed by atoms with E-state index in [1.165, 1.54) is 22.3 Å². The molecule has 0 aromatic heterocycles. The van der Waals surface area contributed by atoms with Gasteiger partial charge in [0, 0.05) is 18.5 Å². The average Bonchev–Trinajstić information content (AvgIpc) is 2.82. The Bertz CT molecular complexity index is 574. The lowest BCUT2D eigenvalue weighted by molar-refractivity contribution is 0.232. The lowest BCUT2D eigenvalue weighted by Crippen LogP contribution is -2.27. The summed E-state index contributed by atoms with van der Waals surface area (Å²) in [6.45, 7) is 3.00. The van der Waals surface area contributed by atoms with E-state index in [4.69, 9.17) is 4.74 Å². The molecule has 1 heterocycles. The second-order valence-corrected chi connectivity index (χ2v) is 5.16. The Balaban J connectivity index is 1.97. The van der Waals surface area contributed by atoms with E-state index in [1.54, 1.807) is 0 Å². The quantitative estimate of drug-likeness (QED) is 0.907. The van der Waals surface area contributed by atoms with Gasteiger partial charge in [-0.25, -0.2) is 0 Å². The third kappa shape index (κ3) is 2.36. The summed E-state index contributed by atoms with van der Waals surface area (Å²) in [6, 6.07) is 15.1. The highest BCUT2D eigenvalue weighted by Crippen LogP contribution is 2.38. The lowest BCUT2D eigenvalue weighted by atomic mass is 10.00. The molecule has 2 aromatic rings. The molecule has 0 saturated heterocycles. The average molecular weight is 253 g/mol. The van der Waals surface area contributed by atoms with Crippen molar-refractivity contribution in [2.75, 3.05) is 13.6 Å². The highest BCUT2D eigenvalue weighted by atomic mass is 16.5. The molecule has 98 valence electrons. The van der Waals surface area contributed by atoms with E-state index in [0.717, 1.165) is 18.7 Å². The van der Waals surface area contributed by atoms with Gasteiger partial charge in [0.05, 0.1) is 0 Å². The summed E-state index contributed by atoms with van der Waals surface area (Å²) in [4.78, 5) is 0. The lowest BCUT2D eigenvalue weighted by Gasteiger charge is -2.12. The van der Waals surface area contributed by atoms with Gasteiger partial charge in [0.15, 0.2) is 0 Å². The Morgan fingerprint density at radius 1 is 1.16 bits per heavy atom. The van der Waals surface area contributed by atoms with Crippen molar-refractivity contribution in [2.45, 2.75) is 19.4 Å². The first-order valence-electron chi connectivity index (χ1n) is 6.78. The van der Waals surface area contributed by atoms with Gasteiger partial charge in [-0.15, -0.1) is 0 Å². The van der Waals surface area contributed by atoms with Crippen molar-refractivity contribution in [3.05, 3.63) is 53.6 Å². The zero-order valence-corrected chi connectivity index (χ0v) is 11.4. The maximum Gasteiger partial charge on any atom is 0.130 e. The maximum absolute atomic E-state index is 6.10. The van der Waals surface area contributed by atoms with Crippen LogP contribution in [-0.4, -0.2) is 19.7 Å². The van der Waals surface area contributed by atoms with Crippen LogP contribution in [0.3, 0.4) is 0 Å². The molecule has 0 unspecified atom stereocenters. The number of hydrogen-bond donors (Lipinski definition) is 1. The van der Waals surface area contributed by atoms with E-state index in [-0.39, 0.29) is 6.10 Å². The summed E-state index contributed by atoms with van der Waals surface area (Å²) in [6.07, 6.45) is 1.25. The molecule has 0 amide bonds. The minimum absolute atomic E-state index is 0.256. The van der Waals surface area contributed by atoms with E-state index in [9.17, 15) is 0 Å². The number of fused-ring (bicyclic) bond motifs is 1. The van der Waals surface area contributed by atoms with E-state index in [1.807, 2.05) is 7.05 Å². The van der Waals surface area contributed by atoms with Gasteiger partial charge in [-0.2, -0.15) is 0 Å². The number of likely N-dealkylation sites (N-methyl/N-ethyl adjacent to an activating group) is 1. The number of aryl methyl sites for hydroxylation is 1. The molecule has 19 heavy (non-hydrogen) atoms. The van der Waals surface area contributed by atoms with Crippen LogP contribution >= 0.6 is 0 Å². The molecule has 1 atom stereocenters. The van der Waals surface area contributed by atoms with E-state index < -0.39 is 0 Å². The Hall–Kier alpha value is -1.80. The molecule has 1 N–H and O–H groups in total. The SMILES string of the molecule is CNC[C@@H]1Cc2cccc(-c3ccc(C)cc3)c2O1. The molecule has 0 bridgehead atoms. The number of rotatable bonds is 3. The van der Waals surface area contributed by atoms with Crippen LogP contribution in [-0.2, 0) is 6.42 Å². The van der Waals surface area contributed by atoms with Crippen LogP contribution in [0.5, 0.6) is 5.75 Å². The summed E-state index contributed by atoms with van der Waals surface area (Å²) in [5.74, 6) is 1.06. The zero-order valence-electron chi connectivity index (χ0n) is 11.4. The Kier molecular flexibility index (Phi) is 3.26. The number of para-hydroxylation sites is 1. The van der Waals surface area contributed by atoms with Gasteiger partial charge in [0.2, 0.25) is 0 Å². The van der Waals surface area contributed by atoms with Crippen molar-refractivity contribution in [3.63, 3.8) is 0 Å². The van der Waals surface area contributed by atoms with Gasteiger partial charge in [-0.05, 0) is 25.1 Å². The van der Waals surface area contributed by atoms with Crippen molar-refractivity contribution >= 4 is 0 Å². The predicted molar refractivity (Wildman–Crippen MR) is 78.7 cm³/mol. The normalized spacial score (nSPS) is 17.1. The van der Waals surface area contributed by atoms with Gasteiger partial charge in [0.1, 0.15) is 11.9 Å². The van der Waals surface area contributed by atoms with Gasteiger partial charge in [-0.1, -0.05) is 48.0 Å². The van der Waals surface area contributed by atoms with E-state index in [0.29, 0.717) is 0 Å². The number of ether oxygens (including phenoxy) is 1. The second-order valence-electron chi connectivity index (χ2n) is 5.16. The predicted octanol–water partition coefficient (Wildman–Crippen LogP) is 3.18. The van der Waals surface area contributed by atoms with E-state index in [2.05, 4.69) is 54.7 Å². The fourth-order valence-corrected chi connectivity index (χ4v) is 2.64. The highest BCUT2D eigenvalue weighted by Gasteiger charge is 2.24. The standard InChI is InChI=1S/C17H19NO/c1-12-6-8-13(9-7-12)16-5-3-4-14-10-15(11-18-2)19-17(14)16/h3-9,15,18H,10-11H2,1-2H3/t15-/m0/s1. The fourth-order valence-electron chi connectivity index (χ4n) is 2.64. The first kappa shape index (κ1) is 12.2. The van der Waals surface area contributed by atoms with Gasteiger partial charge in [-0.3, -0.25) is 0 Å². The number of benzene rings is 2. The first-order chi connectivity index (χ1) is 9.28. The maximum atomic E-state index is 6.10. The van der Waals surface area contributed by atoms with Crippen molar-refractivity contribution < 1.29 is 4.74 Å². The van der Waals surface area contributed by atoms with Gasteiger partial charge >= 0.3 is 0 Å². The van der Waals surface area contributed by atoms with Crippen LogP contribution < -0.4 is 10.1 Å². The van der Waals surface area contributed by atoms with Crippen LogP contribution in [0.4, 0.5) is 0 Å². The van der Waals surface area contributed by atoms with Crippen LogP contribution in [0, 0.1) is 6.92 Å². The zero-order chi connectivity index (χ0) is 13.2. The minimum Gasteiger partial charge on any atom is -0.488 e. The van der Waals surface area contributed by atoms with Gasteiger partial charge in [0.25, 0.3) is 0 Å². The molecule has 2 nitrogen and oxygen atoms in total. The van der Waals surface area contributed by atoms with Crippen LogP contribution in [0.15, 0.2) is 42.5 Å². The largest absolute Gasteiger partial charge is 0.488 e. The molecule has 0 spiro atoms. The third-order valence-electron chi connectivity index (χ3n) is 3.62. The summed E-state index contributed by atoms with van der Waals surface area (Å²) in [5.41, 5.74) is 5.03. The molecule has 0 fully saturated rings. The molecule has 2 heteroatoms. The Labute approximate surface area is 114 Å². The summed E-state index contributed by atoms with van der Waals surface area (Å²) < 4.78 is 6.10. The topological polar surface area (TPSA) is 21.3 Å². The molecular weight excluding hydrogens is 234 g/mol. The van der Waals surface area contributed by atoms with Crippen molar-refractivity contribution in [3.8, 4) is 16.9 Å². The molecule has 0 aliphatic carbocycles. The molecular formula is C17H19NO. The molecule has 0 radical (unpaired) electrons. The Morgan fingerprint density at radius 3 is 2.68 bits per heavy atom. The molecule has 2 aromatic carbocycles. The van der Waals surface area contributed by atoms with Crippen LogP contribution in [0.25, 0.3) is 11.1 Å². The molecule has 1 aliphatic rings. The van der Waals surface area contributed by atoms with Gasteiger partial charge < -0.3 is 10.1 Å². The number of nitrogens with one attached hydrogen (secondary N) is 1. The molecule has 0 saturated carbocycles. The van der Waals surface area contributed by atoms with Crippen molar-refractivity contribution in [2.24, 2.45) is 0 Å².